The maximum absolute atomic E-state index is 2.49. The highest BCUT2D eigenvalue weighted by Crippen LogP contribution is 2.42. The quantitative estimate of drug-likeness (QED) is 0.306. The maximum atomic E-state index is 2.49. The number of fused-ring (bicyclic) bond motifs is 3. The van der Waals surface area contributed by atoms with Crippen LogP contribution in [-0.2, 0) is 7.05 Å². The summed E-state index contributed by atoms with van der Waals surface area (Å²) in [6, 6.07) is 18.4. The van der Waals surface area contributed by atoms with Crippen molar-refractivity contribution in [3.63, 3.8) is 0 Å². The van der Waals surface area contributed by atoms with E-state index in [2.05, 4.69) is 137 Å². The average molecular weight is 476 g/mol. The molecule has 0 spiro atoms. The van der Waals surface area contributed by atoms with E-state index in [4.69, 9.17) is 0 Å². The summed E-state index contributed by atoms with van der Waals surface area (Å²) < 4.78 is 4.73. The van der Waals surface area contributed by atoms with Crippen molar-refractivity contribution >= 4 is 18.1 Å². The van der Waals surface area contributed by atoms with E-state index in [1.807, 2.05) is 0 Å². The Hall–Kier alpha value is -3.27. The number of hydrogen-bond donors (Lipinski definition) is 0. The summed E-state index contributed by atoms with van der Waals surface area (Å²) in [5.41, 5.74) is 13.6. The molecule has 0 saturated heterocycles. The van der Waals surface area contributed by atoms with Crippen LogP contribution in [0.4, 0.5) is 5.69 Å². The minimum Gasteiger partial charge on any atom is -0.372 e. The molecular formula is C32H39BN3+. The van der Waals surface area contributed by atoms with Gasteiger partial charge in [-0.25, -0.2) is 4.57 Å². The van der Waals surface area contributed by atoms with Crippen LogP contribution in [0.2, 0.25) is 0 Å². The van der Waals surface area contributed by atoms with Gasteiger partial charge in [0.25, 0.3) is 5.82 Å². The Morgan fingerprint density at radius 1 is 0.750 bits per heavy atom. The smallest absolute Gasteiger partial charge is 0.372 e. The summed E-state index contributed by atoms with van der Waals surface area (Å²) in [6.45, 7) is 16.1. The molecule has 1 aliphatic rings. The molecule has 4 heteroatoms. The van der Waals surface area contributed by atoms with Gasteiger partial charge in [-0.05, 0) is 84.7 Å². The average Bonchev–Trinajstić information content (AvgIpc) is 3.20. The predicted molar refractivity (Wildman–Crippen MR) is 154 cm³/mol. The van der Waals surface area contributed by atoms with Crippen LogP contribution in [0.25, 0.3) is 22.5 Å². The first-order valence-electron chi connectivity index (χ1n) is 13.2. The molecule has 1 aromatic heterocycles. The third-order valence-corrected chi connectivity index (χ3v) is 8.04. The maximum Gasteiger partial charge on any atom is 0.537 e. The first-order chi connectivity index (χ1) is 17.1. The van der Waals surface area contributed by atoms with Crippen molar-refractivity contribution < 1.29 is 4.48 Å². The van der Waals surface area contributed by atoms with Gasteiger partial charge in [-0.3, -0.25) is 4.48 Å². The van der Waals surface area contributed by atoms with E-state index in [0.29, 0.717) is 11.8 Å². The zero-order valence-corrected chi connectivity index (χ0v) is 23.3. The van der Waals surface area contributed by atoms with Gasteiger partial charge in [0.15, 0.2) is 0 Å². The van der Waals surface area contributed by atoms with E-state index in [9.17, 15) is 0 Å². The Bertz CT molecular complexity index is 1410. The van der Waals surface area contributed by atoms with Crippen LogP contribution in [0, 0.1) is 20.8 Å². The number of rotatable bonds is 4. The normalized spacial score (nSPS) is 13.0. The van der Waals surface area contributed by atoms with Gasteiger partial charge in [0.05, 0.1) is 12.6 Å². The van der Waals surface area contributed by atoms with E-state index >= 15 is 0 Å². The lowest BCUT2D eigenvalue weighted by atomic mass is 9.60. The summed E-state index contributed by atoms with van der Waals surface area (Å²) in [4.78, 5) is 2.49. The van der Waals surface area contributed by atoms with Gasteiger partial charge in [0.1, 0.15) is 12.4 Å². The lowest BCUT2D eigenvalue weighted by Gasteiger charge is -2.33. The summed E-state index contributed by atoms with van der Waals surface area (Å²) in [7, 11) is 4.43. The molecule has 0 aliphatic carbocycles. The van der Waals surface area contributed by atoms with E-state index in [1.54, 1.807) is 0 Å². The fourth-order valence-electron chi connectivity index (χ4n) is 6.25. The van der Waals surface area contributed by atoms with Crippen molar-refractivity contribution in [2.75, 3.05) is 11.9 Å². The van der Waals surface area contributed by atoms with Crippen molar-refractivity contribution in [1.82, 2.24) is 4.57 Å². The van der Waals surface area contributed by atoms with Gasteiger partial charge < -0.3 is 4.81 Å². The molecule has 5 rings (SSSR count). The Morgan fingerprint density at radius 2 is 1.33 bits per heavy atom. The highest BCUT2D eigenvalue weighted by atomic mass is 15.2. The Kier molecular flexibility index (Phi) is 6.10. The molecule has 0 unspecified atom stereocenters. The van der Waals surface area contributed by atoms with E-state index in [0.717, 1.165) is 0 Å². The molecule has 0 atom stereocenters. The first kappa shape index (κ1) is 24.4. The molecule has 4 aromatic rings. The molecule has 0 bridgehead atoms. The van der Waals surface area contributed by atoms with Crippen LogP contribution < -0.4 is 14.8 Å². The summed E-state index contributed by atoms with van der Waals surface area (Å²) >= 11 is 0. The zero-order valence-electron chi connectivity index (χ0n) is 23.3. The second-order valence-electron chi connectivity index (χ2n) is 11.2. The van der Waals surface area contributed by atoms with E-state index in [-0.39, 0.29) is 6.98 Å². The second-order valence-corrected chi connectivity index (χ2v) is 11.2. The third-order valence-electron chi connectivity index (χ3n) is 8.04. The molecule has 1 aliphatic heterocycles. The molecule has 0 radical (unpaired) electrons. The molecule has 3 nitrogen and oxygen atoms in total. The fraction of sp³-hybridized carbons (Fsp3) is 0.344. The summed E-state index contributed by atoms with van der Waals surface area (Å²) in [5.74, 6) is 2.19. The van der Waals surface area contributed by atoms with Crippen LogP contribution in [0.3, 0.4) is 0 Å². The van der Waals surface area contributed by atoms with Crippen molar-refractivity contribution in [2.45, 2.75) is 60.3 Å². The van der Waals surface area contributed by atoms with Gasteiger partial charge in [-0.1, -0.05) is 70.2 Å². The van der Waals surface area contributed by atoms with E-state index in [1.165, 1.54) is 61.5 Å². The molecule has 0 N–H and O–H groups in total. The summed E-state index contributed by atoms with van der Waals surface area (Å²) in [6.07, 6.45) is 4.43. The lowest BCUT2D eigenvalue weighted by molar-refractivity contribution is -0.523. The van der Waals surface area contributed by atoms with Crippen LogP contribution in [0.1, 0.15) is 67.3 Å². The number of imidazole rings is 1. The highest BCUT2D eigenvalue weighted by molar-refractivity contribution is 6.70. The Balaban J connectivity index is 1.81. The second kappa shape index (κ2) is 8.99. The van der Waals surface area contributed by atoms with Crippen molar-refractivity contribution in [2.24, 2.45) is 7.05 Å². The number of aryl methyl sites for hydroxylation is 4. The minimum absolute atomic E-state index is 0.106. The van der Waals surface area contributed by atoms with Crippen molar-refractivity contribution in [3.05, 3.63) is 88.7 Å². The molecule has 184 valence electrons. The number of hydrogen-bond acceptors (Lipinski definition) is 1. The Morgan fingerprint density at radius 3 is 1.92 bits per heavy atom. The molecule has 0 saturated carbocycles. The number of anilines is 1. The zero-order chi connectivity index (χ0) is 25.9. The van der Waals surface area contributed by atoms with Crippen LogP contribution in [-0.4, -0.2) is 18.6 Å². The first-order valence-corrected chi connectivity index (χ1v) is 13.2. The number of nitrogens with zero attached hydrogens (tertiary/aromatic N) is 3. The SMILES string of the molecule is Cc1cccc(C)c1B1N(C)c2cc(-c3c(C(C)C)cccc3C(C)C)cc(C)c2-c2n(C)cc[n+]21. The predicted octanol–water partition coefficient (Wildman–Crippen LogP) is 6.51. The van der Waals surface area contributed by atoms with E-state index < -0.39 is 0 Å². The highest BCUT2D eigenvalue weighted by Gasteiger charge is 2.44. The number of benzene rings is 3. The van der Waals surface area contributed by atoms with Crippen LogP contribution >= 0.6 is 0 Å². The van der Waals surface area contributed by atoms with Gasteiger partial charge in [-0.2, -0.15) is 0 Å². The monoisotopic (exact) mass is 476 g/mol. The molecule has 2 heterocycles. The third kappa shape index (κ3) is 3.70. The van der Waals surface area contributed by atoms with Gasteiger partial charge in [-0.15, -0.1) is 0 Å². The van der Waals surface area contributed by atoms with Crippen LogP contribution in [0.15, 0.2) is 60.9 Å². The topological polar surface area (TPSA) is 12.1 Å². The largest absolute Gasteiger partial charge is 0.537 e. The van der Waals surface area contributed by atoms with Gasteiger partial charge in [0, 0.05) is 11.2 Å². The number of aromatic nitrogens is 2. The fourth-order valence-corrected chi connectivity index (χ4v) is 6.25. The van der Waals surface area contributed by atoms with Gasteiger partial charge >= 0.3 is 6.98 Å². The standard InChI is InChI=1S/C32H39BN3/c1-20(2)26-14-11-15-27(21(3)4)30(26)25-18-24(7)29-28(19-25)35(9)33(36-17-16-34(8)32(29)36)31-22(5)12-10-13-23(31)6/h10-21H,1-9H3/q+1. The van der Waals surface area contributed by atoms with Crippen LogP contribution in [0.5, 0.6) is 0 Å². The molecule has 0 amide bonds. The minimum atomic E-state index is 0.106. The van der Waals surface area contributed by atoms with Crippen molar-refractivity contribution in [1.29, 1.82) is 0 Å². The molecular weight excluding hydrogens is 437 g/mol. The molecule has 0 fully saturated rings. The molecule has 3 aromatic carbocycles. The summed E-state index contributed by atoms with van der Waals surface area (Å²) in [5, 5.41) is 0. The lowest BCUT2D eigenvalue weighted by Crippen LogP contribution is -2.71. The molecule has 36 heavy (non-hydrogen) atoms. The van der Waals surface area contributed by atoms with Gasteiger partial charge in [0.2, 0.25) is 0 Å². The van der Waals surface area contributed by atoms with Crippen molar-refractivity contribution in [3.8, 4) is 22.5 Å². The Labute approximate surface area is 217 Å².